The van der Waals surface area contributed by atoms with E-state index in [9.17, 15) is 9.18 Å². The Morgan fingerprint density at radius 3 is 2.69 bits per heavy atom. The fraction of sp³-hybridized carbons (Fsp3) is 0.364. The SMILES string of the molecule is CC(CN)N(C)C(=O)c1cccc(F)c1.Cl. The third-order valence-electron chi connectivity index (χ3n) is 2.39. The highest BCUT2D eigenvalue weighted by molar-refractivity contribution is 5.94. The predicted octanol–water partition coefficient (Wildman–Crippen LogP) is 1.67. The second-order valence-corrected chi connectivity index (χ2v) is 3.51. The van der Waals surface area contributed by atoms with Gasteiger partial charge in [-0.15, -0.1) is 12.4 Å². The average molecular weight is 247 g/mol. The maximum atomic E-state index is 12.9. The molecule has 5 heteroatoms. The molecule has 1 unspecified atom stereocenters. The predicted molar refractivity (Wildman–Crippen MR) is 64.3 cm³/mol. The summed E-state index contributed by atoms with van der Waals surface area (Å²) in [7, 11) is 1.66. The summed E-state index contributed by atoms with van der Waals surface area (Å²) in [6.07, 6.45) is 0. The minimum Gasteiger partial charge on any atom is -0.338 e. The summed E-state index contributed by atoms with van der Waals surface area (Å²) in [4.78, 5) is 13.3. The third kappa shape index (κ3) is 3.47. The molecule has 0 bridgehead atoms. The van der Waals surface area contributed by atoms with Crippen molar-refractivity contribution in [3.05, 3.63) is 35.6 Å². The number of nitrogens with two attached hydrogens (primary N) is 1. The van der Waals surface area contributed by atoms with Crippen LogP contribution in [0.4, 0.5) is 4.39 Å². The molecule has 1 amide bonds. The highest BCUT2D eigenvalue weighted by atomic mass is 35.5. The van der Waals surface area contributed by atoms with Gasteiger partial charge in [-0.05, 0) is 25.1 Å². The molecule has 0 spiro atoms. The Hall–Kier alpha value is -1.13. The molecule has 0 saturated heterocycles. The van der Waals surface area contributed by atoms with Gasteiger partial charge in [0.15, 0.2) is 0 Å². The molecule has 0 aliphatic carbocycles. The molecule has 1 aromatic carbocycles. The molecule has 1 atom stereocenters. The lowest BCUT2D eigenvalue weighted by Gasteiger charge is -2.23. The molecule has 0 heterocycles. The second-order valence-electron chi connectivity index (χ2n) is 3.51. The third-order valence-corrected chi connectivity index (χ3v) is 2.39. The van der Waals surface area contributed by atoms with E-state index in [4.69, 9.17) is 5.73 Å². The summed E-state index contributed by atoms with van der Waals surface area (Å²) in [5.41, 5.74) is 5.80. The number of amides is 1. The van der Waals surface area contributed by atoms with E-state index in [0.717, 1.165) is 0 Å². The summed E-state index contributed by atoms with van der Waals surface area (Å²) in [5.74, 6) is -0.623. The molecule has 1 aromatic rings. The first-order valence-corrected chi connectivity index (χ1v) is 4.79. The van der Waals surface area contributed by atoms with Gasteiger partial charge in [-0.2, -0.15) is 0 Å². The zero-order valence-electron chi connectivity index (χ0n) is 9.31. The van der Waals surface area contributed by atoms with Crippen LogP contribution in [-0.4, -0.2) is 30.4 Å². The van der Waals surface area contributed by atoms with Crippen molar-refractivity contribution in [2.24, 2.45) is 5.73 Å². The fourth-order valence-corrected chi connectivity index (χ4v) is 1.18. The molecule has 0 fully saturated rings. The zero-order chi connectivity index (χ0) is 11.4. The van der Waals surface area contributed by atoms with E-state index in [0.29, 0.717) is 12.1 Å². The van der Waals surface area contributed by atoms with Crippen molar-refractivity contribution in [1.82, 2.24) is 4.90 Å². The molecule has 0 saturated carbocycles. The largest absolute Gasteiger partial charge is 0.338 e. The number of carbonyl (C=O) groups is 1. The maximum absolute atomic E-state index is 12.9. The van der Waals surface area contributed by atoms with E-state index in [-0.39, 0.29) is 24.4 Å². The smallest absolute Gasteiger partial charge is 0.253 e. The first-order valence-electron chi connectivity index (χ1n) is 4.79. The highest BCUT2D eigenvalue weighted by Crippen LogP contribution is 2.08. The number of rotatable bonds is 3. The lowest BCUT2D eigenvalue weighted by atomic mass is 10.1. The van der Waals surface area contributed by atoms with Crippen molar-refractivity contribution in [3.63, 3.8) is 0 Å². The first kappa shape index (κ1) is 14.9. The van der Waals surface area contributed by atoms with Crippen molar-refractivity contribution in [1.29, 1.82) is 0 Å². The van der Waals surface area contributed by atoms with Gasteiger partial charge in [-0.3, -0.25) is 4.79 Å². The molecule has 2 N–H and O–H groups in total. The normalized spacial score (nSPS) is 11.5. The maximum Gasteiger partial charge on any atom is 0.253 e. The standard InChI is InChI=1S/C11H15FN2O.ClH/c1-8(7-13)14(2)11(15)9-4-3-5-10(12)6-9;/h3-6,8H,7,13H2,1-2H3;1H. The van der Waals surface area contributed by atoms with Crippen molar-refractivity contribution in [2.45, 2.75) is 13.0 Å². The van der Waals surface area contributed by atoms with Gasteiger partial charge in [0.1, 0.15) is 5.82 Å². The molecule has 16 heavy (non-hydrogen) atoms. The molecule has 0 radical (unpaired) electrons. The van der Waals surface area contributed by atoms with E-state index in [1.807, 2.05) is 6.92 Å². The van der Waals surface area contributed by atoms with Gasteiger partial charge in [0.05, 0.1) is 0 Å². The quantitative estimate of drug-likeness (QED) is 0.882. The lowest BCUT2D eigenvalue weighted by molar-refractivity contribution is 0.0748. The van der Waals surface area contributed by atoms with Gasteiger partial charge in [-0.1, -0.05) is 6.07 Å². The van der Waals surface area contributed by atoms with E-state index < -0.39 is 5.82 Å². The van der Waals surface area contributed by atoms with Crippen LogP contribution < -0.4 is 5.73 Å². The van der Waals surface area contributed by atoms with E-state index in [1.165, 1.54) is 23.1 Å². The van der Waals surface area contributed by atoms with Gasteiger partial charge < -0.3 is 10.6 Å². The number of hydrogen-bond acceptors (Lipinski definition) is 2. The fourth-order valence-electron chi connectivity index (χ4n) is 1.18. The van der Waals surface area contributed by atoms with Gasteiger partial charge in [0, 0.05) is 25.2 Å². The summed E-state index contributed by atoms with van der Waals surface area (Å²) < 4.78 is 12.9. The van der Waals surface area contributed by atoms with E-state index >= 15 is 0 Å². The van der Waals surface area contributed by atoms with Crippen LogP contribution in [0, 0.1) is 5.82 Å². The number of benzene rings is 1. The van der Waals surface area contributed by atoms with Crippen LogP contribution in [0.15, 0.2) is 24.3 Å². The molecule has 90 valence electrons. The van der Waals surface area contributed by atoms with Crippen LogP contribution in [0.1, 0.15) is 17.3 Å². The van der Waals surface area contributed by atoms with Crippen molar-refractivity contribution in [3.8, 4) is 0 Å². The molecule has 1 rings (SSSR count). The van der Waals surface area contributed by atoms with Gasteiger partial charge in [-0.25, -0.2) is 4.39 Å². The topological polar surface area (TPSA) is 46.3 Å². The van der Waals surface area contributed by atoms with Gasteiger partial charge in [0.2, 0.25) is 0 Å². The van der Waals surface area contributed by atoms with Crippen molar-refractivity contribution < 1.29 is 9.18 Å². The number of halogens is 2. The first-order chi connectivity index (χ1) is 7.06. The number of nitrogens with zero attached hydrogens (tertiary/aromatic N) is 1. The van der Waals surface area contributed by atoms with Gasteiger partial charge >= 0.3 is 0 Å². The molecule has 3 nitrogen and oxygen atoms in total. The van der Waals surface area contributed by atoms with Crippen molar-refractivity contribution >= 4 is 18.3 Å². The summed E-state index contributed by atoms with van der Waals surface area (Å²) >= 11 is 0. The monoisotopic (exact) mass is 246 g/mol. The molecule has 0 aliphatic heterocycles. The number of carbonyl (C=O) groups excluding carboxylic acids is 1. The average Bonchev–Trinajstić information content (AvgIpc) is 2.26. The van der Waals surface area contributed by atoms with E-state index in [2.05, 4.69) is 0 Å². The van der Waals surface area contributed by atoms with Crippen LogP contribution in [-0.2, 0) is 0 Å². The Morgan fingerprint density at radius 2 is 2.19 bits per heavy atom. The van der Waals surface area contributed by atoms with Crippen LogP contribution in [0.2, 0.25) is 0 Å². The summed E-state index contributed by atoms with van der Waals surface area (Å²) in [6.45, 7) is 2.23. The Balaban J connectivity index is 0.00000225. The molecule has 0 aromatic heterocycles. The molecular formula is C11H16ClFN2O. The second kappa shape index (κ2) is 6.45. The minimum atomic E-state index is -0.408. The minimum absolute atomic E-state index is 0. The zero-order valence-corrected chi connectivity index (χ0v) is 10.1. The lowest BCUT2D eigenvalue weighted by Crippen LogP contribution is -2.39. The van der Waals surface area contributed by atoms with Gasteiger partial charge in [0.25, 0.3) is 5.91 Å². The van der Waals surface area contributed by atoms with Crippen LogP contribution in [0.5, 0.6) is 0 Å². The van der Waals surface area contributed by atoms with E-state index in [1.54, 1.807) is 13.1 Å². The van der Waals surface area contributed by atoms with Crippen molar-refractivity contribution in [2.75, 3.05) is 13.6 Å². The van der Waals surface area contributed by atoms with Crippen LogP contribution in [0.3, 0.4) is 0 Å². The Bertz CT molecular complexity index is 360. The Kier molecular flexibility index (Phi) is 6.00. The summed E-state index contributed by atoms with van der Waals surface area (Å²) in [6, 6.07) is 5.58. The molecule has 0 aliphatic rings. The number of hydrogen-bond donors (Lipinski definition) is 1. The molecular weight excluding hydrogens is 231 g/mol. The highest BCUT2D eigenvalue weighted by Gasteiger charge is 2.16. The summed E-state index contributed by atoms with van der Waals surface area (Å²) in [5, 5.41) is 0. The Morgan fingerprint density at radius 1 is 1.56 bits per heavy atom. The van der Waals surface area contributed by atoms with Crippen LogP contribution >= 0.6 is 12.4 Å². The van der Waals surface area contributed by atoms with Crippen LogP contribution in [0.25, 0.3) is 0 Å². The number of likely N-dealkylation sites (N-methyl/N-ethyl adjacent to an activating group) is 1. The Labute approximate surface area is 101 Å².